The van der Waals surface area contributed by atoms with Crippen molar-refractivity contribution >= 4 is 17.6 Å². The fourth-order valence-corrected chi connectivity index (χ4v) is 1.83. The SMILES string of the molecule is CC(=O)Nc1ccc(C2(C(=O)O)CC2)cc1. The number of anilines is 1. The van der Waals surface area contributed by atoms with Gasteiger partial charge in [-0.05, 0) is 30.5 Å². The quantitative estimate of drug-likeness (QED) is 0.814. The third-order valence-electron chi connectivity index (χ3n) is 2.92. The monoisotopic (exact) mass is 219 g/mol. The van der Waals surface area contributed by atoms with Crippen LogP contribution in [0, 0.1) is 0 Å². The number of hydrogen-bond acceptors (Lipinski definition) is 2. The van der Waals surface area contributed by atoms with Crippen LogP contribution in [0.3, 0.4) is 0 Å². The van der Waals surface area contributed by atoms with Crippen molar-refractivity contribution in [3.05, 3.63) is 29.8 Å². The van der Waals surface area contributed by atoms with Crippen molar-refractivity contribution < 1.29 is 14.7 Å². The van der Waals surface area contributed by atoms with E-state index in [9.17, 15) is 9.59 Å². The zero-order chi connectivity index (χ0) is 11.8. The highest BCUT2D eigenvalue weighted by Gasteiger charge is 2.51. The first-order chi connectivity index (χ1) is 7.54. The first-order valence-electron chi connectivity index (χ1n) is 5.16. The van der Waals surface area contributed by atoms with Crippen molar-refractivity contribution in [1.82, 2.24) is 0 Å². The lowest BCUT2D eigenvalue weighted by Gasteiger charge is -2.10. The normalized spacial score (nSPS) is 16.6. The molecule has 0 atom stereocenters. The third-order valence-corrected chi connectivity index (χ3v) is 2.92. The number of carboxylic acid groups (broad SMARTS) is 1. The number of hydrogen-bond donors (Lipinski definition) is 2. The van der Waals surface area contributed by atoms with Crippen LogP contribution in [0.5, 0.6) is 0 Å². The standard InChI is InChI=1S/C12H13NO3/c1-8(14)13-10-4-2-9(3-5-10)12(6-7-12)11(15)16/h2-5H,6-7H2,1H3,(H,13,14)(H,15,16). The van der Waals surface area contributed by atoms with Gasteiger partial charge < -0.3 is 10.4 Å². The van der Waals surface area contributed by atoms with Gasteiger partial charge in [0.15, 0.2) is 0 Å². The van der Waals surface area contributed by atoms with E-state index in [2.05, 4.69) is 5.32 Å². The van der Waals surface area contributed by atoms with Crippen LogP contribution in [-0.4, -0.2) is 17.0 Å². The maximum absolute atomic E-state index is 11.1. The summed E-state index contributed by atoms with van der Waals surface area (Å²) in [5, 5.41) is 11.7. The van der Waals surface area contributed by atoms with Gasteiger partial charge in [0, 0.05) is 12.6 Å². The molecule has 1 fully saturated rings. The summed E-state index contributed by atoms with van der Waals surface area (Å²) in [6, 6.07) is 7.01. The smallest absolute Gasteiger partial charge is 0.314 e. The molecule has 0 heterocycles. The number of carbonyl (C=O) groups is 2. The van der Waals surface area contributed by atoms with E-state index >= 15 is 0 Å². The van der Waals surface area contributed by atoms with E-state index in [4.69, 9.17) is 5.11 Å². The fourth-order valence-electron chi connectivity index (χ4n) is 1.83. The summed E-state index contributed by atoms with van der Waals surface area (Å²) in [5.41, 5.74) is 0.834. The van der Waals surface area contributed by atoms with Crippen LogP contribution in [0.2, 0.25) is 0 Å². The van der Waals surface area contributed by atoms with Gasteiger partial charge in [-0.3, -0.25) is 9.59 Å². The average Bonchev–Trinajstić information content (AvgIpc) is 2.98. The molecule has 0 saturated heterocycles. The van der Waals surface area contributed by atoms with Crippen molar-refractivity contribution in [3.8, 4) is 0 Å². The maximum atomic E-state index is 11.1. The number of carboxylic acids is 1. The molecule has 4 nitrogen and oxygen atoms in total. The first kappa shape index (κ1) is 10.7. The van der Waals surface area contributed by atoms with Gasteiger partial charge in [-0.2, -0.15) is 0 Å². The maximum Gasteiger partial charge on any atom is 0.314 e. The highest BCUT2D eigenvalue weighted by atomic mass is 16.4. The summed E-state index contributed by atoms with van der Waals surface area (Å²) in [7, 11) is 0. The Hall–Kier alpha value is -1.84. The minimum atomic E-state index is -0.764. The third kappa shape index (κ3) is 1.78. The summed E-state index contributed by atoms with van der Waals surface area (Å²) in [6.07, 6.45) is 1.39. The number of carbonyl (C=O) groups excluding carboxylic acids is 1. The van der Waals surface area contributed by atoms with Gasteiger partial charge in [-0.15, -0.1) is 0 Å². The topological polar surface area (TPSA) is 66.4 Å². The van der Waals surface area contributed by atoms with E-state index < -0.39 is 11.4 Å². The molecule has 84 valence electrons. The number of nitrogens with one attached hydrogen (secondary N) is 1. The molecule has 1 aromatic rings. The summed E-state index contributed by atoms with van der Waals surface area (Å²) in [4.78, 5) is 21.9. The minimum Gasteiger partial charge on any atom is -0.481 e. The summed E-state index contributed by atoms with van der Waals surface area (Å²) in [5.74, 6) is -0.896. The zero-order valence-corrected chi connectivity index (χ0v) is 8.99. The molecule has 4 heteroatoms. The van der Waals surface area contributed by atoms with Crippen LogP contribution in [0.25, 0.3) is 0 Å². The molecule has 2 N–H and O–H groups in total. The van der Waals surface area contributed by atoms with Crippen molar-refractivity contribution in [2.24, 2.45) is 0 Å². The lowest BCUT2D eigenvalue weighted by atomic mass is 9.96. The molecule has 1 saturated carbocycles. The number of aliphatic carboxylic acids is 1. The predicted molar refractivity (Wildman–Crippen MR) is 59.3 cm³/mol. The van der Waals surface area contributed by atoms with Crippen LogP contribution in [-0.2, 0) is 15.0 Å². The number of benzene rings is 1. The molecule has 0 unspecified atom stereocenters. The molecule has 0 aliphatic heterocycles. The highest BCUT2D eigenvalue weighted by molar-refractivity contribution is 5.89. The average molecular weight is 219 g/mol. The van der Waals surface area contributed by atoms with E-state index in [0.29, 0.717) is 18.5 Å². The molecule has 0 radical (unpaired) electrons. The Morgan fingerprint density at radius 2 is 1.81 bits per heavy atom. The Bertz CT molecular complexity index is 432. The Morgan fingerprint density at radius 3 is 2.19 bits per heavy atom. The zero-order valence-electron chi connectivity index (χ0n) is 8.99. The molecule has 1 aliphatic carbocycles. The van der Waals surface area contributed by atoms with E-state index in [1.807, 2.05) is 0 Å². The fraction of sp³-hybridized carbons (Fsp3) is 0.333. The molecule has 16 heavy (non-hydrogen) atoms. The van der Waals surface area contributed by atoms with Crippen molar-refractivity contribution in [1.29, 1.82) is 0 Å². The Labute approximate surface area is 93.3 Å². The molecule has 1 aromatic carbocycles. The second-order valence-corrected chi connectivity index (χ2v) is 4.15. The summed E-state index contributed by atoms with van der Waals surface area (Å²) >= 11 is 0. The Balaban J connectivity index is 2.20. The van der Waals surface area contributed by atoms with Gasteiger partial charge >= 0.3 is 5.97 Å². The van der Waals surface area contributed by atoms with Gasteiger partial charge in [0.1, 0.15) is 0 Å². The van der Waals surface area contributed by atoms with Crippen LogP contribution in [0.4, 0.5) is 5.69 Å². The van der Waals surface area contributed by atoms with Crippen LogP contribution in [0.15, 0.2) is 24.3 Å². The first-order valence-corrected chi connectivity index (χ1v) is 5.16. The molecule has 0 aromatic heterocycles. The van der Waals surface area contributed by atoms with Gasteiger partial charge in [0.05, 0.1) is 5.41 Å². The Kier molecular flexibility index (Phi) is 2.42. The van der Waals surface area contributed by atoms with E-state index in [-0.39, 0.29) is 5.91 Å². The largest absolute Gasteiger partial charge is 0.481 e. The summed E-state index contributed by atoms with van der Waals surface area (Å²) in [6.45, 7) is 1.44. The number of rotatable bonds is 3. The predicted octanol–water partition coefficient (Wildman–Crippen LogP) is 1.76. The number of amides is 1. The van der Waals surface area contributed by atoms with Crippen molar-refractivity contribution in [2.45, 2.75) is 25.2 Å². The minimum absolute atomic E-state index is 0.132. The highest BCUT2D eigenvalue weighted by Crippen LogP contribution is 2.48. The van der Waals surface area contributed by atoms with Crippen molar-refractivity contribution in [2.75, 3.05) is 5.32 Å². The van der Waals surface area contributed by atoms with E-state index in [1.165, 1.54) is 6.92 Å². The molecular formula is C12H13NO3. The molecule has 1 aliphatic rings. The lowest BCUT2D eigenvalue weighted by Crippen LogP contribution is -2.19. The molecule has 0 spiro atoms. The second-order valence-electron chi connectivity index (χ2n) is 4.15. The van der Waals surface area contributed by atoms with Crippen LogP contribution in [0.1, 0.15) is 25.3 Å². The second kappa shape index (κ2) is 3.63. The van der Waals surface area contributed by atoms with Crippen molar-refractivity contribution in [3.63, 3.8) is 0 Å². The Morgan fingerprint density at radius 1 is 1.25 bits per heavy atom. The van der Waals surface area contributed by atoms with Crippen LogP contribution < -0.4 is 5.32 Å². The molecule has 0 bridgehead atoms. The van der Waals surface area contributed by atoms with Gasteiger partial charge in [0.25, 0.3) is 0 Å². The summed E-state index contributed by atoms with van der Waals surface area (Å²) < 4.78 is 0. The van der Waals surface area contributed by atoms with E-state index in [1.54, 1.807) is 24.3 Å². The van der Waals surface area contributed by atoms with Gasteiger partial charge in [-0.25, -0.2) is 0 Å². The van der Waals surface area contributed by atoms with E-state index in [0.717, 1.165) is 5.56 Å². The lowest BCUT2D eigenvalue weighted by molar-refractivity contribution is -0.140. The molecular weight excluding hydrogens is 206 g/mol. The molecule has 2 rings (SSSR count). The van der Waals surface area contributed by atoms with Crippen LogP contribution >= 0.6 is 0 Å². The van der Waals surface area contributed by atoms with Gasteiger partial charge in [0.2, 0.25) is 5.91 Å². The molecule has 1 amide bonds. The van der Waals surface area contributed by atoms with Gasteiger partial charge in [-0.1, -0.05) is 12.1 Å².